The highest BCUT2D eigenvalue weighted by molar-refractivity contribution is 7.14. The number of ether oxygens (including phenoxy) is 1. The standard InChI is InChI=1S/C27H29N5OS/c1-31(2)22-12-6-20(7-13-22)26(21-8-14-23(15-9-21)32(3)4)29-30-27-28-25(18-34-27)19-10-16-24(33-5)17-11-19/h6-18H,1-5H3,(H,28,30). The number of methoxy groups -OCH3 is 1. The lowest BCUT2D eigenvalue weighted by molar-refractivity contribution is 0.415. The van der Waals surface area contributed by atoms with Gasteiger partial charge in [-0.25, -0.2) is 4.98 Å². The highest BCUT2D eigenvalue weighted by Gasteiger charge is 2.10. The Kier molecular flexibility index (Phi) is 7.13. The number of nitrogens with one attached hydrogen (secondary N) is 1. The van der Waals surface area contributed by atoms with Crippen molar-refractivity contribution in [2.75, 3.05) is 50.5 Å². The fraction of sp³-hybridized carbons (Fsp3) is 0.185. The Labute approximate surface area is 205 Å². The normalized spacial score (nSPS) is 10.5. The maximum absolute atomic E-state index is 5.25. The van der Waals surface area contributed by atoms with Crippen LogP contribution in [0.2, 0.25) is 0 Å². The molecule has 7 heteroatoms. The molecule has 1 aromatic heterocycles. The lowest BCUT2D eigenvalue weighted by Gasteiger charge is -2.15. The molecule has 0 bridgehead atoms. The van der Waals surface area contributed by atoms with Crippen molar-refractivity contribution in [1.29, 1.82) is 0 Å². The van der Waals surface area contributed by atoms with Crippen LogP contribution in [0.25, 0.3) is 11.3 Å². The molecule has 0 radical (unpaired) electrons. The number of anilines is 3. The summed E-state index contributed by atoms with van der Waals surface area (Å²) < 4.78 is 5.25. The molecule has 1 N–H and O–H groups in total. The van der Waals surface area contributed by atoms with Crippen LogP contribution in [0, 0.1) is 0 Å². The molecule has 1 heterocycles. The van der Waals surface area contributed by atoms with E-state index in [4.69, 9.17) is 14.8 Å². The lowest BCUT2D eigenvalue weighted by atomic mass is 10.0. The van der Waals surface area contributed by atoms with Crippen LogP contribution >= 0.6 is 11.3 Å². The Morgan fingerprint density at radius 2 is 1.32 bits per heavy atom. The van der Waals surface area contributed by atoms with Gasteiger partial charge in [0.2, 0.25) is 5.13 Å². The Balaban J connectivity index is 1.63. The van der Waals surface area contributed by atoms with Crippen molar-refractivity contribution in [3.05, 3.63) is 89.3 Å². The Morgan fingerprint density at radius 3 is 1.79 bits per heavy atom. The maximum atomic E-state index is 5.25. The first kappa shape index (κ1) is 23.3. The monoisotopic (exact) mass is 471 g/mol. The van der Waals surface area contributed by atoms with Crippen molar-refractivity contribution in [3.8, 4) is 17.0 Å². The van der Waals surface area contributed by atoms with Crippen LogP contribution in [0.15, 0.2) is 83.3 Å². The molecular formula is C27H29N5OS. The van der Waals surface area contributed by atoms with Gasteiger partial charge in [0.25, 0.3) is 0 Å². The summed E-state index contributed by atoms with van der Waals surface area (Å²) in [5.74, 6) is 0.826. The van der Waals surface area contributed by atoms with E-state index in [1.54, 1.807) is 7.11 Å². The molecule has 34 heavy (non-hydrogen) atoms. The molecule has 4 rings (SSSR count). The van der Waals surface area contributed by atoms with E-state index >= 15 is 0 Å². The van der Waals surface area contributed by atoms with Crippen LogP contribution in [0.4, 0.5) is 16.5 Å². The van der Waals surface area contributed by atoms with Gasteiger partial charge in [-0.05, 0) is 48.5 Å². The van der Waals surface area contributed by atoms with Crippen molar-refractivity contribution in [2.24, 2.45) is 5.10 Å². The summed E-state index contributed by atoms with van der Waals surface area (Å²) >= 11 is 1.53. The summed E-state index contributed by atoms with van der Waals surface area (Å²) in [6.07, 6.45) is 0. The number of benzene rings is 3. The number of thiazole rings is 1. The van der Waals surface area contributed by atoms with E-state index in [0.717, 1.165) is 50.4 Å². The molecule has 3 aromatic carbocycles. The van der Waals surface area contributed by atoms with Crippen molar-refractivity contribution in [2.45, 2.75) is 0 Å². The fourth-order valence-electron chi connectivity index (χ4n) is 3.45. The minimum absolute atomic E-state index is 0.734. The van der Waals surface area contributed by atoms with Crippen LogP contribution < -0.4 is 20.0 Å². The van der Waals surface area contributed by atoms with E-state index in [-0.39, 0.29) is 0 Å². The van der Waals surface area contributed by atoms with Crippen LogP contribution in [0.5, 0.6) is 5.75 Å². The average molecular weight is 472 g/mol. The lowest BCUT2D eigenvalue weighted by Crippen LogP contribution is -2.11. The molecule has 0 aliphatic carbocycles. The molecule has 0 amide bonds. The number of nitrogens with zero attached hydrogens (tertiary/aromatic N) is 4. The molecule has 0 saturated carbocycles. The minimum Gasteiger partial charge on any atom is -0.497 e. The van der Waals surface area contributed by atoms with Crippen LogP contribution in [-0.2, 0) is 0 Å². The van der Waals surface area contributed by atoms with Gasteiger partial charge in [0, 0.05) is 61.6 Å². The summed E-state index contributed by atoms with van der Waals surface area (Å²) in [6.45, 7) is 0. The van der Waals surface area contributed by atoms with Gasteiger partial charge in [0.1, 0.15) is 5.75 Å². The van der Waals surface area contributed by atoms with Gasteiger partial charge in [-0.1, -0.05) is 24.3 Å². The second-order valence-electron chi connectivity index (χ2n) is 8.22. The third-order valence-electron chi connectivity index (χ3n) is 5.47. The molecule has 0 aliphatic heterocycles. The SMILES string of the molecule is COc1ccc(-c2csc(NN=C(c3ccc(N(C)C)cc3)c3ccc(N(C)C)cc3)n2)cc1. The molecule has 0 fully saturated rings. The molecule has 174 valence electrons. The smallest absolute Gasteiger partial charge is 0.203 e. The summed E-state index contributed by atoms with van der Waals surface area (Å²) in [5.41, 5.74) is 10.3. The molecule has 4 aromatic rings. The molecular weight excluding hydrogens is 442 g/mol. The topological polar surface area (TPSA) is 53.0 Å². The zero-order valence-electron chi connectivity index (χ0n) is 20.1. The second-order valence-corrected chi connectivity index (χ2v) is 9.08. The van der Waals surface area contributed by atoms with Gasteiger partial charge < -0.3 is 14.5 Å². The van der Waals surface area contributed by atoms with E-state index in [1.165, 1.54) is 11.3 Å². The zero-order chi connectivity index (χ0) is 24.1. The number of hydrazone groups is 1. The molecule has 0 saturated heterocycles. The van der Waals surface area contributed by atoms with Gasteiger partial charge in [-0.2, -0.15) is 5.10 Å². The van der Waals surface area contributed by atoms with Gasteiger partial charge in [-0.15, -0.1) is 11.3 Å². The van der Waals surface area contributed by atoms with Crippen molar-refractivity contribution in [3.63, 3.8) is 0 Å². The van der Waals surface area contributed by atoms with Gasteiger partial charge >= 0.3 is 0 Å². The second kappa shape index (κ2) is 10.4. The van der Waals surface area contributed by atoms with E-state index in [2.05, 4.69) is 63.8 Å². The van der Waals surface area contributed by atoms with Gasteiger partial charge in [0.15, 0.2) is 0 Å². The van der Waals surface area contributed by atoms with E-state index < -0.39 is 0 Å². The Bertz CT molecular complexity index is 1190. The average Bonchev–Trinajstić information content (AvgIpc) is 3.34. The third-order valence-corrected chi connectivity index (χ3v) is 6.21. The summed E-state index contributed by atoms with van der Waals surface area (Å²) in [4.78, 5) is 8.88. The van der Waals surface area contributed by atoms with Gasteiger partial charge in [-0.3, -0.25) is 5.43 Å². The van der Waals surface area contributed by atoms with Crippen LogP contribution in [0.3, 0.4) is 0 Å². The van der Waals surface area contributed by atoms with Crippen LogP contribution in [0.1, 0.15) is 11.1 Å². The quantitative estimate of drug-likeness (QED) is 0.259. The predicted molar refractivity (Wildman–Crippen MR) is 145 cm³/mol. The predicted octanol–water partition coefficient (Wildman–Crippen LogP) is 5.82. The third kappa shape index (κ3) is 5.38. The summed E-state index contributed by atoms with van der Waals surface area (Å²) in [6, 6.07) is 24.7. The van der Waals surface area contributed by atoms with E-state index in [0.29, 0.717) is 0 Å². The molecule has 6 nitrogen and oxygen atoms in total. The maximum Gasteiger partial charge on any atom is 0.203 e. The van der Waals surface area contributed by atoms with Crippen molar-refractivity contribution < 1.29 is 4.74 Å². The Morgan fingerprint density at radius 1 is 0.794 bits per heavy atom. The largest absolute Gasteiger partial charge is 0.497 e. The van der Waals surface area contributed by atoms with Gasteiger partial charge in [0.05, 0.1) is 18.5 Å². The number of hydrogen-bond donors (Lipinski definition) is 1. The molecule has 0 spiro atoms. The van der Waals surface area contributed by atoms with E-state index in [9.17, 15) is 0 Å². The van der Waals surface area contributed by atoms with E-state index in [1.807, 2.05) is 57.8 Å². The number of rotatable bonds is 8. The Hall–Kier alpha value is -3.84. The highest BCUT2D eigenvalue weighted by Crippen LogP contribution is 2.27. The highest BCUT2D eigenvalue weighted by atomic mass is 32.1. The first-order chi connectivity index (χ1) is 16.4. The number of hydrogen-bond acceptors (Lipinski definition) is 7. The first-order valence-corrected chi connectivity index (χ1v) is 11.8. The van der Waals surface area contributed by atoms with Crippen molar-refractivity contribution >= 4 is 33.6 Å². The fourth-order valence-corrected chi connectivity index (χ4v) is 4.12. The summed E-state index contributed by atoms with van der Waals surface area (Å²) in [7, 11) is 9.81. The zero-order valence-corrected chi connectivity index (χ0v) is 20.9. The first-order valence-electron chi connectivity index (χ1n) is 10.9. The summed E-state index contributed by atoms with van der Waals surface area (Å²) in [5, 5.41) is 7.54. The van der Waals surface area contributed by atoms with Crippen molar-refractivity contribution in [1.82, 2.24) is 4.98 Å². The molecule has 0 aliphatic rings. The molecule has 0 atom stereocenters. The number of aromatic nitrogens is 1. The minimum atomic E-state index is 0.734. The van der Waals surface area contributed by atoms with Crippen LogP contribution in [-0.4, -0.2) is 46.0 Å². The molecule has 0 unspecified atom stereocenters.